The van der Waals surface area contributed by atoms with Gasteiger partial charge in [-0.05, 0) is 65.6 Å². The fourth-order valence-corrected chi connectivity index (χ4v) is 7.20. The van der Waals surface area contributed by atoms with Crippen molar-refractivity contribution in [3.8, 4) is 39.3 Å². The van der Waals surface area contributed by atoms with Crippen molar-refractivity contribution in [3.05, 3.63) is 169 Å². The number of allylic oxidation sites excluding steroid dienone is 5. The van der Waals surface area contributed by atoms with Gasteiger partial charge in [-0.1, -0.05) is 130 Å². The normalized spacial score (nSPS) is 13.7. The summed E-state index contributed by atoms with van der Waals surface area (Å²) in [6.45, 7) is 10.6. The Morgan fingerprint density at radius 1 is 0.660 bits per heavy atom. The maximum Gasteiger partial charge on any atom is 0.160 e. The molecule has 2 aromatic heterocycles. The Morgan fingerprint density at radius 3 is 2.19 bits per heavy atom. The zero-order valence-corrected chi connectivity index (χ0v) is 26.9. The zero-order chi connectivity index (χ0) is 32.1. The van der Waals surface area contributed by atoms with Gasteiger partial charge in [-0.3, -0.25) is 0 Å². The smallest absolute Gasteiger partial charge is 0.160 e. The summed E-state index contributed by atoms with van der Waals surface area (Å²) in [7, 11) is 0. The van der Waals surface area contributed by atoms with Gasteiger partial charge >= 0.3 is 0 Å². The lowest BCUT2D eigenvalue weighted by molar-refractivity contribution is 0.661. The molecule has 0 amide bonds. The van der Waals surface area contributed by atoms with Gasteiger partial charge in [0.2, 0.25) is 0 Å². The summed E-state index contributed by atoms with van der Waals surface area (Å²) < 4.78 is 2.41. The first-order chi connectivity index (χ1) is 23.0. The van der Waals surface area contributed by atoms with Crippen LogP contribution in [0.3, 0.4) is 0 Å². The molecular weight excluding hydrogens is 571 g/mol. The van der Waals surface area contributed by atoms with Crippen LogP contribution in [-0.4, -0.2) is 14.5 Å². The number of hydrogen-bond acceptors (Lipinski definition) is 2. The van der Waals surface area contributed by atoms with Crippen LogP contribution in [0.5, 0.6) is 0 Å². The Kier molecular flexibility index (Phi) is 6.84. The number of benzene rings is 5. The largest absolute Gasteiger partial charge is 0.309 e. The average Bonchev–Trinajstić information content (AvgIpc) is 3.56. The van der Waals surface area contributed by atoms with Crippen LogP contribution in [0.4, 0.5) is 0 Å². The van der Waals surface area contributed by atoms with Gasteiger partial charge in [0.25, 0.3) is 0 Å². The van der Waals surface area contributed by atoms with Crippen LogP contribution in [0, 0.1) is 0 Å². The van der Waals surface area contributed by atoms with E-state index in [4.69, 9.17) is 9.97 Å². The van der Waals surface area contributed by atoms with E-state index in [1.807, 2.05) is 43.4 Å². The lowest BCUT2D eigenvalue weighted by Gasteiger charge is -2.21. The first-order valence-electron chi connectivity index (χ1n) is 16.2. The van der Waals surface area contributed by atoms with E-state index >= 15 is 0 Å². The van der Waals surface area contributed by atoms with Gasteiger partial charge < -0.3 is 4.57 Å². The Hall–Kier alpha value is -5.80. The maximum atomic E-state index is 5.12. The second kappa shape index (κ2) is 11.2. The van der Waals surface area contributed by atoms with Crippen molar-refractivity contribution in [3.63, 3.8) is 0 Å². The summed E-state index contributed by atoms with van der Waals surface area (Å²) in [4.78, 5) is 10.1. The molecule has 1 aliphatic rings. The van der Waals surface area contributed by atoms with Crippen molar-refractivity contribution in [2.45, 2.75) is 26.2 Å². The van der Waals surface area contributed by atoms with Gasteiger partial charge in [-0.25, -0.2) is 9.97 Å². The first-order valence-corrected chi connectivity index (χ1v) is 16.2. The van der Waals surface area contributed by atoms with Crippen molar-refractivity contribution in [2.75, 3.05) is 0 Å². The minimum Gasteiger partial charge on any atom is -0.309 e. The van der Waals surface area contributed by atoms with Crippen LogP contribution in [0.1, 0.15) is 37.7 Å². The quantitative estimate of drug-likeness (QED) is 0.177. The molecule has 0 saturated carbocycles. The van der Waals surface area contributed by atoms with Crippen molar-refractivity contribution in [1.29, 1.82) is 0 Å². The Balaban J connectivity index is 1.34. The number of rotatable bonds is 6. The fourth-order valence-electron chi connectivity index (χ4n) is 7.20. The highest BCUT2D eigenvalue weighted by Crippen LogP contribution is 2.51. The molecular formula is C44H35N3. The minimum absolute atomic E-state index is 0.0843. The molecule has 0 bridgehead atoms. The van der Waals surface area contributed by atoms with E-state index in [0.29, 0.717) is 5.82 Å². The number of fused-ring (bicyclic) bond motifs is 6. The van der Waals surface area contributed by atoms with Crippen LogP contribution in [0.25, 0.3) is 66.7 Å². The molecule has 47 heavy (non-hydrogen) atoms. The van der Waals surface area contributed by atoms with Gasteiger partial charge in [0.15, 0.2) is 5.82 Å². The van der Waals surface area contributed by atoms with Gasteiger partial charge in [-0.15, -0.1) is 0 Å². The zero-order valence-electron chi connectivity index (χ0n) is 26.9. The molecule has 8 rings (SSSR count). The molecule has 7 aromatic rings. The summed E-state index contributed by atoms with van der Waals surface area (Å²) in [6.07, 6.45) is 7.75. The van der Waals surface area contributed by atoms with E-state index in [9.17, 15) is 0 Å². The number of aromatic nitrogens is 3. The summed E-state index contributed by atoms with van der Waals surface area (Å²) in [6, 6.07) is 43.6. The molecule has 3 heteroatoms. The third kappa shape index (κ3) is 4.66. The topological polar surface area (TPSA) is 30.7 Å². The number of hydrogen-bond donors (Lipinski definition) is 0. The Bertz CT molecular complexity index is 2400. The van der Waals surface area contributed by atoms with Gasteiger partial charge in [0.05, 0.1) is 22.4 Å². The molecule has 1 aliphatic carbocycles. The van der Waals surface area contributed by atoms with E-state index in [2.05, 4.69) is 128 Å². The average molecular weight is 606 g/mol. The van der Waals surface area contributed by atoms with Crippen LogP contribution in [-0.2, 0) is 5.41 Å². The fraction of sp³-hybridized carbons (Fsp3) is 0.0909. The molecule has 0 atom stereocenters. The second-order valence-electron chi connectivity index (χ2n) is 12.7. The third-order valence-corrected chi connectivity index (χ3v) is 9.55. The summed E-state index contributed by atoms with van der Waals surface area (Å²) in [5.41, 5.74) is 13.6. The van der Waals surface area contributed by atoms with Crippen LogP contribution in [0.15, 0.2) is 152 Å². The minimum atomic E-state index is -0.0843. The molecule has 3 nitrogen and oxygen atoms in total. The van der Waals surface area contributed by atoms with Crippen molar-refractivity contribution < 1.29 is 0 Å². The lowest BCUT2D eigenvalue weighted by atomic mass is 9.82. The van der Waals surface area contributed by atoms with Gasteiger partial charge in [0, 0.05) is 38.6 Å². The molecule has 226 valence electrons. The molecule has 0 N–H and O–H groups in total. The maximum absolute atomic E-state index is 5.12. The molecule has 2 heterocycles. The third-order valence-electron chi connectivity index (χ3n) is 9.55. The monoisotopic (exact) mass is 605 g/mol. The van der Waals surface area contributed by atoms with Crippen molar-refractivity contribution >= 4 is 27.4 Å². The predicted molar refractivity (Wildman–Crippen MR) is 198 cm³/mol. The summed E-state index contributed by atoms with van der Waals surface area (Å²) in [5.74, 6) is 0.682. The number of nitrogens with zero attached hydrogens (tertiary/aromatic N) is 3. The molecule has 5 aromatic carbocycles. The predicted octanol–water partition coefficient (Wildman–Crippen LogP) is 11.4. The standard InChI is InChI=1S/C44H35N3/c1-5-7-16-29(6-2)43-45-39(30-17-9-8-10-18-30)28-40(46-43)31-19-15-20-32(25-31)47-41-24-14-12-22-34(41)36-26-35-33-21-11-13-23-37(33)44(3,4)38(35)27-42(36)47/h5-28H,1H2,2-4H3/b16-7-,29-6+. The van der Waals surface area contributed by atoms with Crippen LogP contribution >= 0.6 is 0 Å². The molecule has 0 aliphatic heterocycles. The second-order valence-corrected chi connectivity index (χ2v) is 12.7. The van der Waals surface area contributed by atoms with E-state index in [0.717, 1.165) is 33.8 Å². The van der Waals surface area contributed by atoms with Crippen molar-refractivity contribution in [1.82, 2.24) is 14.5 Å². The SMILES string of the molecule is C=C/C=C\C(=C/C)c1nc(-c2ccccc2)cc(-c2cccc(-n3c4ccccc4c4cc5c(cc43)C(C)(C)c3ccccc3-5)c2)n1. The molecule has 0 saturated heterocycles. The van der Waals surface area contributed by atoms with Gasteiger partial charge in [-0.2, -0.15) is 0 Å². The molecule has 0 unspecified atom stereocenters. The highest BCUT2D eigenvalue weighted by Gasteiger charge is 2.36. The Morgan fingerprint density at radius 2 is 1.38 bits per heavy atom. The van der Waals surface area contributed by atoms with Crippen LogP contribution in [0.2, 0.25) is 0 Å². The first kappa shape index (κ1) is 28.7. The van der Waals surface area contributed by atoms with E-state index in [-0.39, 0.29) is 5.41 Å². The molecule has 0 radical (unpaired) electrons. The lowest BCUT2D eigenvalue weighted by Crippen LogP contribution is -2.14. The van der Waals surface area contributed by atoms with E-state index < -0.39 is 0 Å². The summed E-state index contributed by atoms with van der Waals surface area (Å²) >= 11 is 0. The highest BCUT2D eigenvalue weighted by atomic mass is 15.0. The molecule has 0 fully saturated rings. The van der Waals surface area contributed by atoms with Crippen LogP contribution < -0.4 is 0 Å². The van der Waals surface area contributed by atoms with Crippen molar-refractivity contribution in [2.24, 2.45) is 0 Å². The Labute approximate surface area is 275 Å². The van der Waals surface area contributed by atoms with Gasteiger partial charge in [0.1, 0.15) is 0 Å². The van der Waals surface area contributed by atoms with E-state index in [1.54, 1.807) is 6.08 Å². The van der Waals surface area contributed by atoms with E-state index in [1.165, 1.54) is 44.1 Å². The number of para-hydroxylation sites is 1. The highest BCUT2D eigenvalue weighted by molar-refractivity contribution is 6.11. The molecule has 0 spiro atoms. The summed E-state index contributed by atoms with van der Waals surface area (Å²) in [5, 5.41) is 2.51.